The maximum atomic E-state index is 12.7. The minimum Gasteiger partial charge on any atom is -0.207 e. The summed E-state index contributed by atoms with van der Waals surface area (Å²) >= 11 is 0. The minimum atomic E-state index is -0.225. The van der Waals surface area contributed by atoms with Gasteiger partial charge < -0.3 is 0 Å². The Balaban J connectivity index is 2.68. The van der Waals surface area contributed by atoms with E-state index in [1.165, 1.54) is 18.2 Å². The molecule has 0 bridgehead atoms. The summed E-state index contributed by atoms with van der Waals surface area (Å²) in [6.07, 6.45) is 8.54. The van der Waals surface area contributed by atoms with Crippen LogP contribution in [0.15, 0.2) is 48.6 Å². The van der Waals surface area contributed by atoms with Gasteiger partial charge in [0.1, 0.15) is 5.82 Å². The molecule has 0 spiro atoms. The van der Waals surface area contributed by atoms with Crippen LogP contribution in [0.3, 0.4) is 0 Å². The van der Waals surface area contributed by atoms with Gasteiger partial charge in [0, 0.05) is 0 Å². The predicted octanol–water partition coefficient (Wildman–Crippen LogP) is 3.38. The summed E-state index contributed by atoms with van der Waals surface area (Å²) in [4.78, 5) is 0. The molecule has 0 aliphatic carbocycles. The average molecular weight is 173 g/mol. The molecule has 0 aromatic heterocycles. The van der Waals surface area contributed by atoms with E-state index in [9.17, 15) is 4.39 Å². The summed E-state index contributed by atoms with van der Waals surface area (Å²) in [6, 6.07) is 6.39. The van der Waals surface area contributed by atoms with Crippen molar-refractivity contribution in [1.82, 2.24) is 0 Å². The van der Waals surface area contributed by atoms with Crippen molar-refractivity contribution in [2.75, 3.05) is 0 Å². The molecule has 1 rings (SSSR count). The number of hydrogen-bond acceptors (Lipinski definition) is 0. The van der Waals surface area contributed by atoms with Crippen LogP contribution in [0, 0.1) is 12.4 Å². The highest BCUT2D eigenvalue weighted by Gasteiger charge is 1.88. The van der Waals surface area contributed by atoms with E-state index in [0.29, 0.717) is 0 Å². The van der Waals surface area contributed by atoms with Crippen LogP contribution in [0.1, 0.15) is 5.56 Å². The van der Waals surface area contributed by atoms with Crippen LogP contribution in [0.2, 0.25) is 0 Å². The van der Waals surface area contributed by atoms with E-state index in [1.807, 2.05) is 12.1 Å². The predicted molar refractivity (Wildman–Crippen MR) is 53.4 cm³/mol. The zero-order chi connectivity index (χ0) is 9.52. The molecule has 0 N–H and O–H groups in total. The quantitative estimate of drug-likeness (QED) is 0.614. The Hall–Kier alpha value is -1.63. The molecule has 0 fully saturated rings. The van der Waals surface area contributed by atoms with E-state index >= 15 is 0 Å². The highest BCUT2D eigenvalue weighted by molar-refractivity contribution is 5.50. The summed E-state index contributed by atoms with van der Waals surface area (Å²) in [7, 11) is 0. The fourth-order valence-electron chi connectivity index (χ4n) is 0.905. The van der Waals surface area contributed by atoms with E-state index in [1.54, 1.807) is 24.3 Å². The molecule has 0 amide bonds. The molecule has 1 radical (unpaired) electrons. The summed E-state index contributed by atoms with van der Waals surface area (Å²) in [5.74, 6) is -0.225. The van der Waals surface area contributed by atoms with Crippen LogP contribution in [-0.4, -0.2) is 0 Å². The summed E-state index contributed by atoms with van der Waals surface area (Å²) in [6.45, 7) is 5.13. The molecule has 1 aromatic carbocycles. The number of benzene rings is 1. The molecule has 0 unspecified atom stereocenters. The lowest BCUT2D eigenvalue weighted by molar-refractivity contribution is 0.627. The van der Waals surface area contributed by atoms with E-state index in [2.05, 4.69) is 0 Å². The standard InChI is InChI=1S/C12H10F/c1-2-3-4-5-7-11-8-6-9-12(13)10-11/h1-10H/b2-1?,4-3+,7-5+. The highest BCUT2D eigenvalue weighted by Crippen LogP contribution is 2.05. The average Bonchev–Trinajstić information content (AvgIpc) is 2.13. The number of hydrogen-bond donors (Lipinski definition) is 0. The normalized spacial score (nSPS) is 11.2. The molecule has 0 saturated heterocycles. The van der Waals surface area contributed by atoms with Crippen molar-refractivity contribution in [2.45, 2.75) is 0 Å². The summed E-state index contributed by atoms with van der Waals surface area (Å²) in [5, 5.41) is 0. The lowest BCUT2D eigenvalue weighted by atomic mass is 10.2. The Labute approximate surface area is 77.7 Å². The largest absolute Gasteiger partial charge is 0.207 e. The minimum absolute atomic E-state index is 0.225. The van der Waals surface area contributed by atoms with Crippen LogP contribution in [0.5, 0.6) is 0 Å². The second kappa shape index (κ2) is 5.09. The number of rotatable bonds is 3. The van der Waals surface area contributed by atoms with Gasteiger partial charge in [-0.2, -0.15) is 0 Å². The molecule has 0 aliphatic heterocycles. The fourth-order valence-corrected chi connectivity index (χ4v) is 0.905. The van der Waals surface area contributed by atoms with Gasteiger partial charge in [-0.1, -0.05) is 49.1 Å². The van der Waals surface area contributed by atoms with Gasteiger partial charge in [0.2, 0.25) is 0 Å². The van der Waals surface area contributed by atoms with Crippen LogP contribution in [0.4, 0.5) is 4.39 Å². The molecular weight excluding hydrogens is 163 g/mol. The first-order valence-corrected chi connectivity index (χ1v) is 3.97. The third-order valence-corrected chi connectivity index (χ3v) is 1.47. The van der Waals surface area contributed by atoms with E-state index in [-0.39, 0.29) is 5.82 Å². The van der Waals surface area contributed by atoms with Crippen LogP contribution >= 0.6 is 0 Å². The lowest BCUT2D eigenvalue weighted by Gasteiger charge is -1.90. The van der Waals surface area contributed by atoms with Gasteiger partial charge in [-0.25, -0.2) is 4.39 Å². The van der Waals surface area contributed by atoms with Gasteiger partial charge in [0.05, 0.1) is 0 Å². The van der Waals surface area contributed by atoms with E-state index in [0.717, 1.165) is 5.56 Å². The topological polar surface area (TPSA) is 0 Å². The van der Waals surface area contributed by atoms with Crippen molar-refractivity contribution in [2.24, 2.45) is 0 Å². The number of allylic oxidation sites excluding steroid dienone is 4. The summed E-state index contributed by atoms with van der Waals surface area (Å²) in [5.41, 5.74) is 0.835. The fraction of sp³-hybridized carbons (Fsp3) is 0. The van der Waals surface area contributed by atoms with Crippen molar-refractivity contribution in [1.29, 1.82) is 0 Å². The first kappa shape index (κ1) is 9.46. The lowest BCUT2D eigenvalue weighted by Crippen LogP contribution is -1.74. The molecule has 0 atom stereocenters. The second-order valence-electron chi connectivity index (χ2n) is 2.49. The van der Waals surface area contributed by atoms with Crippen molar-refractivity contribution < 1.29 is 4.39 Å². The number of halogens is 1. The van der Waals surface area contributed by atoms with Gasteiger partial charge in [0.15, 0.2) is 0 Å². The van der Waals surface area contributed by atoms with E-state index < -0.39 is 0 Å². The van der Waals surface area contributed by atoms with Gasteiger partial charge in [-0.15, -0.1) is 0 Å². The Morgan fingerprint density at radius 2 is 2.00 bits per heavy atom. The SMILES string of the molecule is [CH]=C/C=C/C=C/c1cccc(F)c1. The Morgan fingerprint density at radius 1 is 1.15 bits per heavy atom. The monoisotopic (exact) mass is 173 g/mol. The van der Waals surface area contributed by atoms with Gasteiger partial charge in [-0.3, -0.25) is 0 Å². The molecule has 0 saturated carbocycles. The summed E-state index contributed by atoms with van der Waals surface area (Å²) < 4.78 is 12.7. The molecule has 0 nitrogen and oxygen atoms in total. The molecule has 65 valence electrons. The van der Waals surface area contributed by atoms with E-state index in [4.69, 9.17) is 6.58 Å². The maximum absolute atomic E-state index is 12.7. The van der Waals surface area contributed by atoms with Gasteiger partial charge in [-0.05, 0) is 17.7 Å². The Kier molecular flexibility index (Phi) is 3.71. The third-order valence-electron chi connectivity index (χ3n) is 1.47. The van der Waals surface area contributed by atoms with Crippen LogP contribution < -0.4 is 0 Å². The smallest absolute Gasteiger partial charge is 0.123 e. The zero-order valence-corrected chi connectivity index (χ0v) is 7.15. The van der Waals surface area contributed by atoms with Gasteiger partial charge in [0.25, 0.3) is 0 Å². The molecule has 1 aromatic rings. The first-order chi connectivity index (χ1) is 6.33. The van der Waals surface area contributed by atoms with Crippen LogP contribution in [0.25, 0.3) is 6.08 Å². The first-order valence-electron chi connectivity index (χ1n) is 3.97. The Bertz CT molecular complexity index is 335. The van der Waals surface area contributed by atoms with Crippen molar-refractivity contribution in [3.8, 4) is 0 Å². The molecule has 1 heteroatoms. The van der Waals surface area contributed by atoms with Crippen molar-refractivity contribution in [3.05, 3.63) is 66.5 Å². The van der Waals surface area contributed by atoms with Crippen LogP contribution in [-0.2, 0) is 0 Å². The highest BCUT2D eigenvalue weighted by atomic mass is 19.1. The molecule has 13 heavy (non-hydrogen) atoms. The maximum Gasteiger partial charge on any atom is 0.123 e. The van der Waals surface area contributed by atoms with Crippen molar-refractivity contribution in [3.63, 3.8) is 0 Å². The van der Waals surface area contributed by atoms with Crippen molar-refractivity contribution >= 4 is 6.08 Å². The molecule has 0 heterocycles. The second-order valence-corrected chi connectivity index (χ2v) is 2.49. The zero-order valence-electron chi connectivity index (χ0n) is 7.15. The molecule has 0 aliphatic rings. The molecular formula is C12H10F. The Morgan fingerprint density at radius 3 is 2.69 bits per heavy atom. The van der Waals surface area contributed by atoms with Gasteiger partial charge >= 0.3 is 0 Å². The third kappa shape index (κ3) is 3.52.